The molecule has 0 amide bonds. The molecule has 0 aliphatic rings. The van der Waals surface area contributed by atoms with Gasteiger partial charge in [-0.25, -0.2) is 4.98 Å². The van der Waals surface area contributed by atoms with Crippen LogP contribution in [0.1, 0.15) is 26.1 Å². The summed E-state index contributed by atoms with van der Waals surface area (Å²) in [6.45, 7) is 10.8. The van der Waals surface area contributed by atoms with Crippen molar-refractivity contribution < 1.29 is 0 Å². The third-order valence-electron chi connectivity index (χ3n) is 2.65. The number of aryl methyl sites for hydroxylation is 1. The van der Waals surface area contributed by atoms with Gasteiger partial charge in [0.1, 0.15) is 5.82 Å². The summed E-state index contributed by atoms with van der Waals surface area (Å²) in [5.41, 5.74) is 3.32. The highest BCUT2D eigenvalue weighted by molar-refractivity contribution is 4.91. The quantitative estimate of drug-likeness (QED) is 0.692. The molecule has 0 aliphatic heterocycles. The van der Waals surface area contributed by atoms with Crippen molar-refractivity contribution >= 4 is 0 Å². The maximum Gasteiger partial charge on any atom is 0.124 e. The molecule has 1 N–H and O–H groups in total. The average molecular weight is 210 g/mol. The molecule has 0 fully saturated rings. The number of rotatable bonds is 7. The van der Waals surface area contributed by atoms with Crippen molar-refractivity contribution in [2.45, 2.75) is 27.2 Å². The molecule has 1 aromatic heterocycles. The van der Waals surface area contributed by atoms with Crippen molar-refractivity contribution in [2.75, 3.05) is 31.6 Å². The summed E-state index contributed by atoms with van der Waals surface area (Å²) >= 11 is 0. The predicted octanol–water partition coefficient (Wildman–Crippen LogP) is 1.47. The van der Waals surface area contributed by atoms with E-state index in [0.29, 0.717) is 0 Å². The van der Waals surface area contributed by atoms with Gasteiger partial charge in [0, 0.05) is 18.9 Å². The maximum absolute atomic E-state index is 4.15. The van der Waals surface area contributed by atoms with Crippen LogP contribution in [0.15, 0.2) is 12.4 Å². The van der Waals surface area contributed by atoms with E-state index in [1.165, 1.54) is 6.42 Å². The van der Waals surface area contributed by atoms with Crippen molar-refractivity contribution in [3.8, 4) is 0 Å². The molecule has 15 heavy (non-hydrogen) atoms. The number of imidazole rings is 1. The van der Waals surface area contributed by atoms with E-state index < -0.39 is 0 Å². The highest BCUT2D eigenvalue weighted by Gasteiger charge is 1.98. The van der Waals surface area contributed by atoms with Crippen LogP contribution in [0, 0.1) is 6.92 Å². The minimum Gasteiger partial charge on any atom is -0.325 e. The molecule has 1 aromatic rings. The highest BCUT2D eigenvalue weighted by Crippen LogP contribution is 1.93. The minimum absolute atomic E-state index is 0.994. The Morgan fingerprint density at radius 1 is 1.40 bits per heavy atom. The summed E-state index contributed by atoms with van der Waals surface area (Å²) in [5.74, 6) is 1.01. The van der Waals surface area contributed by atoms with Crippen molar-refractivity contribution in [1.29, 1.82) is 0 Å². The van der Waals surface area contributed by atoms with E-state index in [9.17, 15) is 0 Å². The van der Waals surface area contributed by atoms with E-state index >= 15 is 0 Å². The van der Waals surface area contributed by atoms with E-state index in [-0.39, 0.29) is 0 Å². The van der Waals surface area contributed by atoms with Gasteiger partial charge in [-0.1, -0.05) is 13.8 Å². The zero-order chi connectivity index (χ0) is 11.1. The lowest BCUT2D eigenvalue weighted by atomic mass is 10.4. The lowest BCUT2D eigenvalue weighted by Gasteiger charge is -2.18. The van der Waals surface area contributed by atoms with Crippen LogP contribution in [0.4, 0.5) is 0 Å². The predicted molar refractivity (Wildman–Crippen MR) is 63.6 cm³/mol. The van der Waals surface area contributed by atoms with Gasteiger partial charge in [-0.15, -0.1) is 0 Å². The molecule has 0 spiro atoms. The SMILES string of the molecule is CCN(CC)CCCNn1ccnc1C. The molecule has 0 bridgehead atoms. The summed E-state index contributed by atoms with van der Waals surface area (Å²) < 4.78 is 1.97. The minimum atomic E-state index is 0.994. The number of nitrogens with zero attached hydrogens (tertiary/aromatic N) is 3. The molecule has 0 saturated carbocycles. The van der Waals surface area contributed by atoms with Crippen LogP contribution in [-0.2, 0) is 0 Å². The number of aromatic nitrogens is 2. The Kier molecular flexibility index (Phi) is 5.18. The van der Waals surface area contributed by atoms with Crippen LogP contribution in [0.3, 0.4) is 0 Å². The molecule has 1 rings (SSSR count). The second-order valence-corrected chi connectivity index (χ2v) is 3.63. The number of hydrogen-bond acceptors (Lipinski definition) is 3. The largest absolute Gasteiger partial charge is 0.325 e. The summed E-state index contributed by atoms with van der Waals surface area (Å²) in [6, 6.07) is 0. The van der Waals surface area contributed by atoms with Crippen LogP contribution in [0.2, 0.25) is 0 Å². The zero-order valence-corrected chi connectivity index (χ0v) is 10.0. The van der Waals surface area contributed by atoms with Crippen LogP contribution in [0.5, 0.6) is 0 Å². The van der Waals surface area contributed by atoms with E-state index in [0.717, 1.165) is 32.0 Å². The summed E-state index contributed by atoms with van der Waals surface area (Å²) in [5, 5.41) is 0. The molecule has 0 saturated heterocycles. The summed E-state index contributed by atoms with van der Waals surface area (Å²) in [6.07, 6.45) is 4.93. The first kappa shape index (κ1) is 12.0. The molecular weight excluding hydrogens is 188 g/mol. The van der Waals surface area contributed by atoms with Crippen molar-refractivity contribution in [3.05, 3.63) is 18.2 Å². The monoisotopic (exact) mass is 210 g/mol. The fourth-order valence-corrected chi connectivity index (χ4v) is 1.59. The van der Waals surface area contributed by atoms with Gasteiger partial charge in [0.2, 0.25) is 0 Å². The van der Waals surface area contributed by atoms with Gasteiger partial charge in [0.15, 0.2) is 0 Å². The second kappa shape index (κ2) is 6.45. The van der Waals surface area contributed by atoms with Gasteiger partial charge >= 0.3 is 0 Å². The smallest absolute Gasteiger partial charge is 0.124 e. The second-order valence-electron chi connectivity index (χ2n) is 3.63. The summed E-state index contributed by atoms with van der Waals surface area (Å²) in [7, 11) is 0. The average Bonchev–Trinajstić information content (AvgIpc) is 2.65. The Morgan fingerprint density at radius 2 is 2.13 bits per heavy atom. The normalized spacial score (nSPS) is 10.9. The van der Waals surface area contributed by atoms with Gasteiger partial charge in [-0.3, -0.25) is 4.68 Å². The summed E-state index contributed by atoms with van der Waals surface area (Å²) in [4.78, 5) is 6.59. The van der Waals surface area contributed by atoms with Gasteiger partial charge in [0.05, 0.1) is 0 Å². The molecule has 0 radical (unpaired) electrons. The molecule has 4 nitrogen and oxygen atoms in total. The third-order valence-corrected chi connectivity index (χ3v) is 2.65. The van der Waals surface area contributed by atoms with Gasteiger partial charge in [-0.2, -0.15) is 0 Å². The lowest BCUT2D eigenvalue weighted by Crippen LogP contribution is -2.27. The first-order valence-electron chi connectivity index (χ1n) is 5.74. The van der Waals surface area contributed by atoms with Crippen molar-refractivity contribution in [3.63, 3.8) is 0 Å². The topological polar surface area (TPSA) is 33.1 Å². The van der Waals surface area contributed by atoms with Crippen molar-refractivity contribution in [1.82, 2.24) is 14.6 Å². The Bertz CT molecular complexity index is 265. The Hall–Kier alpha value is -1.03. The zero-order valence-electron chi connectivity index (χ0n) is 10.0. The Morgan fingerprint density at radius 3 is 2.67 bits per heavy atom. The maximum atomic E-state index is 4.15. The molecule has 0 unspecified atom stereocenters. The van der Waals surface area contributed by atoms with Gasteiger partial charge < -0.3 is 10.3 Å². The lowest BCUT2D eigenvalue weighted by molar-refractivity contribution is 0.302. The fourth-order valence-electron chi connectivity index (χ4n) is 1.59. The Balaban J connectivity index is 2.14. The Labute approximate surface area is 92.3 Å². The van der Waals surface area contributed by atoms with Crippen LogP contribution in [0.25, 0.3) is 0 Å². The molecule has 0 aromatic carbocycles. The van der Waals surface area contributed by atoms with Crippen LogP contribution in [-0.4, -0.2) is 40.7 Å². The van der Waals surface area contributed by atoms with E-state index in [4.69, 9.17) is 0 Å². The first-order chi connectivity index (χ1) is 7.27. The van der Waals surface area contributed by atoms with E-state index in [2.05, 4.69) is 29.2 Å². The first-order valence-corrected chi connectivity index (χ1v) is 5.74. The molecule has 0 aliphatic carbocycles. The van der Waals surface area contributed by atoms with E-state index in [1.54, 1.807) is 0 Å². The van der Waals surface area contributed by atoms with Gasteiger partial charge in [-0.05, 0) is 33.0 Å². The standard InChI is InChI=1S/C11H22N4/c1-4-14(5-2)9-6-7-13-15-10-8-12-11(15)3/h8,10,13H,4-7,9H2,1-3H3. The number of nitrogens with one attached hydrogen (secondary N) is 1. The van der Waals surface area contributed by atoms with Crippen LogP contribution >= 0.6 is 0 Å². The molecular formula is C11H22N4. The van der Waals surface area contributed by atoms with E-state index in [1.807, 2.05) is 24.0 Å². The molecule has 4 heteroatoms. The van der Waals surface area contributed by atoms with Gasteiger partial charge in [0.25, 0.3) is 0 Å². The van der Waals surface area contributed by atoms with Crippen molar-refractivity contribution in [2.24, 2.45) is 0 Å². The van der Waals surface area contributed by atoms with Crippen LogP contribution < -0.4 is 5.43 Å². The molecule has 86 valence electrons. The molecule has 0 atom stereocenters. The fraction of sp³-hybridized carbons (Fsp3) is 0.727. The number of hydrogen-bond donors (Lipinski definition) is 1. The highest BCUT2D eigenvalue weighted by atomic mass is 15.4. The molecule has 1 heterocycles. The third kappa shape index (κ3) is 3.91.